The number of aliphatic hydroxyl groups excluding tert-OH is 2. The van der Waals surface area contributed by atoms with Gasteiger partial charge in [-0.15, -0.1) is 0 Å². The van der Waals surface area contributed by atoms with Crippen LogP contribution in [0.5, 0.6) is 5.75 Å². The van der Waals surface area contributed by atoms with Crippen LogP contribution in [-0.2, 0) is 28.5 Å². The summed E-state index contributed by atoms with van der Waals surface area (Å²) >= 11 is 0. The molecule has 1 aromatic rings. The van der Waals surface area contributed by atoms with Crippen LogP contribution in [0.4, 0.5) is 0 Å². The molecule has 4 aliphatic rings. The van der Waals surface area contributed by atoms with E-state index >= 15 is 0 Å². The van der Waals surface area contributed by atoms with E-state index in [1.54, 1.807) is 21.3 Å². The summed E-state index contributed by atoms with van der Waals surface area (Å²) in [6, 6.07) is 5.96. The molecule has 2 aliphatic heterocycles. The average molecular weight is 601 g/mol. The minimum atomic E-state index is -0.847. The van der Waals surface area contributed by atoms with Gasteiger partial charge in [0.15, 0.2) is 0 Å². The third kappa shape index (κ3) is 6.44. The number of rotatable bonds is 6. The number of hydrogen-bond acceptors (Lipinski definition) is 9. The van der Waals surface area contributed by atoms with Gasteiger partial charge in [0, 0.05) is 33.2 Å². The molecule has 9 nitrogen and oxygen atoms in total. The summed E-state index contributed by atoms with van der Waals surface area (Å²) in [7, 11) is 4.86. The van der Waals surface area contributed by atoms with Crippen molar-refractivity contribution in [3.63, 3.8) is 0 Å². The first-order valence-electron chi connectivity index (χ1n) is 15.7. The van der Waals surface area contributed by atoms with E-state index in [9.17, 15) is 15.0 Å². The van der Waals surface area contributed by atoms with Crippen LogP contribution in [0, 0.1) is 17.8 Å². The fourth-order valence-corrected chi connectivity index (χ4v) is 7.46. The molecular weight excluding hydrogens is 552 g/mol. The van der Waals surface area contributed by atoms with E-state index in [-0.39, 0.29) is 60.5 Å². The lowest BCUT2D eigenvalue weighted by Gasteiger charge is -2.43. The Hall–Kier alpha value is -2.27. The number of methoxy groups -OCH3 is 3. The molecule has 9 heteroatoms. The SMILES string of the molecule is CC[C@H]1CCC[C@H](O)[C@@H](C)[C@H](O)C2=C[C@@H]3c4ccc(O[C@@H]5O[C@@H](C)[C@H](OC)[C@@H](OC)[C@H]5OC)cc4C=C[C@@H]3[C@H]2CC(=O)O1. The summed E-state index contributed by atoms with van der Waals surface area (Å²) in [6.07, 6.45) is 5.54. The van der Waals surface area contributed by atoms with Gasteiger partial charge in [-0.1, -0.05) is 38.1 Å². The number of hydrogen-bond donors (Lipinski definition) is 2. The Bertz CT molecular complexity index is 1180. The van der Waals surface area contributed by atoms with Crippen LogP contribution in [0.1, 0.15) is 69.9 Å². The fraction of sp³-hybridized carbons (Fsp3) is 0.676. The molecule has 5 rings (SSSR count). The van der Waals surface area contributed by atoms with Crippen LogP contribution in [0.2, 0.25) is 0 Å². The third-order valence-corrected chi connectivity index (χ3v) is 10.0. The van der Waals surface area contributed by atoms with E-state index in [0.29, 0.717) is 18.6 Å². The normalized spacial score (nSPS) is 39.8. The van der Waals surface area contributed by atoms with E-state index in [4.69, 9.17) is 28.4 Å². The van der Waals surface area contributed by atoms with Crippen molar-refractivity contribution in [2.75, 3.05) is 21.3 Å². The van der Waals surface area contributed by atoms with Crippen LogP contribution in [0.25, 0.3) is 6.08 Å². The maximum Gasteiger partial charge on any atom is 0.306 e. The molecule has 238 valence electrons. The number of carbonyl (C=O) groups is 1. The minimum Gasteiger partial charge on any atom is -0.462 e. The maximum atomic E-state index is 13.1. The number of carbonyl (C=O) groups excluding carboxylic acids is 1. The highest BCUT2D eigenvalue weighted by molar-refractivity contribution is 5.72. The highest BCUT2D eigenvalue weighted by Gasteiger charge is 2.47. The van der Waals surface area contributed by atoms with Gasteiger partial charge in [0.25, 0.3) is 0 Å². The summed E-state index contributed by atoms with van der Waals surface area (Å²) in [4.78, 5) is 13.1. The van der Waals surface area contributed by atoms with Crippen LogP contribution in [0.3, 0.4) is 0 Å². The van der Waals surface area contributed by atoms with Gasteiger partial charge in [0.1, 0.15) is 30.2 Å². The zero-order valence-corrected chi connectivity index (χ0v) is 26.2. The quantitative estimate of drug-likeness (QED) is 0.363. The molecule has 0 bridgehead atoms. The lowest BCUT2D eigenvalue weighted by atomic mass is 9.75. The maximum absolute atomic E-state index is 13.1. The number of esters is 1. The molecule has 0 amide bonds. The molecule has 2 N–H and O–H groups in total. The van der Waals surface area contributed by atoms with Crippen molar-refractivity contribution in [3.05, 3.63) is 47.1 Å². The van der Waals surface area contributed by atoms with Crippen LogP contribution < -0.4 is 4.74 Å². The van der Waals surface area contributed by atoms with Gasteiger partial charge >= 0.3 is 5.97 Å². The van der Waals surface area contributed by atoms with Gasteiger partial charge in [0.05, 0.1) is 24.7 Å². The number of aliphatic hydroxyl groups is 2. The van der Waals surface area contributed by atoms with E-state index in [2.05, 4.69) is 18.2 Å². The van der Waals surface area contributed by atoms with Crippen molar-refractivity contribution in [1.82, 2.24) is 0 Å². The van der Waals surface area contributed by atoms with Crippen LogP contribution in [0.15, 0.2) is 35.9 Å². The fourth-order valence-electron chi connectivity index (χ4n) is 7.46. The largest absolute Gasteiger partial charge is 0.462 e. The van der Waals surface area contributed by atoms with Crippen molar-refractivity contribution in [2.24, 2.45) is 17.8 Å². The summed E-state index contributed by atoms with van der Waals surface area (Å²) in [5.41, 5.74) is 2.91. The number of ether oxygens (including phenoxy) is 6. The Labute approximate surface area is 255 Å². The van der Waals surface area contributed by atoms with Crippen molar-refractivity contribution in [3.8, 4) is 5.75 Å². The number of fused-ring (bicyclic) bond motifs is 5. The summed E-state index contributed by atoms with van der Waals surface area (Å²) in [6.45, 7) is 5.84. The highest BCUT2D eigenvalue weighted by Crippen LogP contribution is 2.51. The molecule has 2 aliphatic carbocycles. The lowest BCUT2D eigenvalue weighted by molar-refractivity contribution is -0.282. The molecule has 2 saturated heterocycles. The topological polar surface area (TPSA) is 113 Å². The smallest absolute Gasteiger partial charge is 0.306 e. The predicted octanol–water partition coefficient (Wildman–Crippen LogP) is 4.39. The Morgan fingerprint density at radius 3 is 2.44 bits per heavy atom. The molecule has 43 heavy (non-hydrogen) atoms. The van der Waals surface area contributed by atoms with Gasteiger partial charge in [-0.3, -0.25) is 4.79 Å². The van der Waals surface area contributed by atoms with Crippen LogP contribution >= 0.6 is 0 Å². The molecular formula is C34H48O9. The first-order chi connectivity index (χ1) is 20.7. The van der Waals surface area contributed by atoms with Crippen molar-refractivity contribution >= 4 is 12.0 Å². The molecule has 0 radical (unpaired) electrons. The summed E-state index contributed by atoms with van der Waals surface area (Å²) in [5, 5.41) is 22.4. The molecule has 2 fully saturated rings. The van der Waals surface area contributed by atoms with E-state index in [1.807, 2.05) is 39.0 Å². The standard InChI is InChI=1S/C34H48O9/c1-7-21-9-8-10-28(35)18(2)30(37)27-16-25-23-14-12-22(15-20(23)11-13-24(25)26(27)17-29(36)42-21)43-34-33(40-6)32(39-5)31(38-4)19(3)41-34/h11-16,18-19,21,24-26,28,30-35,37H,7-10,17H2,1-6H3/t18-,19+,21+,24+,25-,26-,28+,30+,31+,32-,33-,34+/m1/s1. The Balaban J connectivity index is 1.40. The van der Waals surface area contributed by atoms with Crippen molar-refractivity contribution < 1.29 is 43.4 Å². The molecule has 1 aromatic carbocycles. The third-order valence-electron chi connectivity index (χ3n) is 10.0. The van der Waals surface area contributed by atoms with Crippen molar-refractivity contribution in [1.29, 1.82) is 0 Å². The van der Waals surface area contributed by atoms with Gasteiger partial charge in [-0.25, -0.2) is 0 Å². The van der Waals surface area contributed by atoms with Gasteiger partial charge in [-0.2, -0.15) is 0 Å². The Morgan fingerprint density at radius 1 is 1.00 bits per heavy atom. The van der Waals surface area contributed by atoms with Crippen molar-refractivity contribution in [2.45, 2.75) is 108 Å². The first-order valence-corrected chi connectivity index (χ1v) is 15.7. The molecule has 2 heterocycles. The van der Waals surface area contributed by atoms with E-state index < -0.39 is 24.6 Å². The Morgan fingerprint density at radius 2 is 1.74 bits per heavy atom. The zero-order valence-electron chi connectivity index (χ0n) is 26.2. The van der Waals surface area contributed by atoms with Gasteiger partial charge in [0.2, 0.25) is 6.29 Å². The zero-order chi connectivity index (χ0) is 30.8. The number of cyclic esters (lactones) is 1. The second-order valence-corrected chi connectivity index (χ2v) is 12.5. The second-order valence-electron chi connectivity index (χ2n) is 12.5. The molecule has 0 aromatic heterocycles. The molecule has 0 spiro atoms. The summed E-state index contributed by atoms with van der Waals surface area (Å²) in [5.74, 6) is -0.173. The van der Waals surface area contributed by atoms with Crippen LogP contribution in [-0.4, -0.2) is 86.5 Å². The second kappa shape index (κ2) is 13.8. The monoisotopic (exact) mass is 600 g/mol. The van der Waals surface area contributed by atoms with E-state index in [1.165, 1.54) is 0 Å². The number of benzene rings is 1. The van der Waals surface area contributed by atoms with E-state index in [0.717, 1.165) is 29.5 Å². The van der Waals surface area contributed by atoms with Gasteiger partial charge in [-0.05, 0) is 73.3 Å². The predicted molar refractivity (Wildman–Crippen MR) is 160 cm³/mol. The number of allylic oxidation sites excluding steroid dienone is 2. The minimum absolute atomic E-state index is 0.00216. The Kier molecular flexibility index (Phi) is 10.3. The lowest BCUT2D eigenvalue weighted by Crippen LogP contribution is -2.60. The van der Waals surface area contributed by atoms with Gasteiger partial charge < -0.3 is 38.6 Å². The molecule has 0 saturated carbocycles. The highest BCUT2D eigenvalue weighted by atomic mass is 16.7. The molecule has 12 atom stereocenters. The molecule has 0 unspecified atom stereocenters. The average Bonchev–Trinajstić information content (AvgIpc) is 3.36. The summed E-state index contributed by atoms with van der Waals surface area (Å²) < 4.78 is 35.4. The first kappa shape index (κ1) is 32.1.